The number of nitro benzene ring substituents is 1. The van der Waals surface area contributed by atoms with E-state index < -0.39 is 10.7 Å². The number of aromatic nitrogens is 2. The fourth-order valence-electron chi connectivity index (χ4n) is 2.71. The maximum atomic E-state index is 13.3. The van der Waals surface area contributed by atoms with Crippen LogP contribution < -0.4 is 0 Å². The Kier molecular flexibility index (Phi) is 3.22. The summed E-state index contributed by atoms with van der Waals surface area (Å²) in [6, 6.07) is 3.56. The van der Waals surface area contributed by atoms with Crippen molar-refractivity contribution in [1.29, 1.82) is 0 Å². The van der Waals surface area contributed by atoms with Gasteiger partial charge < -0.3 is 4.57 Å². The number of fused-ring (bicyclic) bond motifs is 1. The van der Waals surface area contributed by atoms with Crippen molar-refractivity contribution in [3.63, 3.8) is 0 Å². The van der Waals surface area contributed by atoms with Crippen molar-refractivity contribution in [3.05, 3.63) is 57.4 Å². The molecule has 1 aromatic heterocycles. The number of aryl methyl sites for hydroxylation is 1. The van der Waals surface area contributed by atoms with Crippen LogP contribution in [0.15, 0.2) is 24.5 Å². The van der Waals surface area contributed by atoms with E-state index in [1.54, 1.807) is 6.33 Å². The molecular weight excluding hydrogens is 261 g/mol. The number of halogens is 1. The van der Waals surface area contributed by atoms with E-state index in [9.17, 15) is 14.5 Å². The number of imidazole rings is 1. The molecule has 0 saturated heterocycles. The average Bonchev–Trinajstić information content (AvgIpc) is 2.82. The van der Waals surface area contributed by atoms with Crippen molar-refractivity contribution in [2.75, 3.05) is 0 Å². The zero-order valence-corrected chi connectivity index (χ0v) is 10.9. The van der Waals surface area contributed by atoms with Gasteiger partial charge in [0.1, 0.15) is 5.82 Å². The van der Waals surface area contributed by atoms with Gasteiger partial charge in [0.15, 0.2) is 0 Å². The maximum Gasteiger partial charge on any atom is 0.274 e. The summed E-state index contributed by atoms with van der Waals surface area (Å²) < 4.78 is 15.2. The lowest BCUT2D eigenvalue weighted by Gasteiger charge is -2.14. The molecule has 1 aliphatic rings. The Morgan fingerprint density at radius 2 is 2.15 bits per heavy atom. The summed E-state index contributed by atoms with van der Waals surface area (Å²) in [4.78, 5) is 14.9. The molecule has 20 heavy (non-hydrogen) atoms. The third-order valence-corrected chi connectivity index (χ3v) is 3.69. The lowest BCUT2D eigenvalue weighted by Crippen LogP contribution is -2.10. The first-order chi connectivity index (χ1) is 9.65. The summed E-state index contributed by atoms with van der Waals surface area (Å²) in [5.41, 5.74) is 2.51. The highest BCUT2D eigenvalue weighted by atomic mass is 19.1. The highest BCUT2D eigenvalue weighted by Gasteiger charge is 2.19. The van der Waals surface area contributed by atoms with Gasteiger partial charge in [0, 0.05) is 11.8 Å². The van der Waals surface area contributed by atoms with Gasteiger partial charge in [0.25, 0.3) is 5.69 Å². The number of hydrogen-bond donors (Lipinski definition) is 0. The molecule has 0 bridgehead atoms. The molecule has 6 heteroatoms. The maximum absolute atomic E-state index is 13.3. The van der Waals surface area contributed by atoms with Gasteiger partial charge in [-0.25, -0.2) is 9.37 Å². The molecule has 0 spiro atoms. The molecule has 1 heterocycles. The lowest BCUT2D eigenvalue weighted by atomic mass is 10.0. The van der Waals surface area contributed by atoms with E-state index in [1.165, 1.54) is 12.1 Å². The zero-order valence-electron chi connectivity index (χ0n) is 10.9. The van der Waals surface area contributed by atoms with Crippen LogP contribution in [0.2, 0.25) is 0 Å². The molecular formula is C14H14FN3O2. The molecule has 0 saturated carbocycles. The minimum Gasteiger partial charge on any atom is -0.330 e. The third-order valence-electron chi connectivity index (χ3n) is 3.69. The summed E-state index contributed by atoms with van der Waals surface area (Å²) >= 11 is 0. The molecule has 0 amide bonds. The Labute approximate surface area is 115 Å². The Balaban J connectivity index is 1.97. The number of nitro groups is 1. The molecule has 2 aromatic rings. The Morgan fingerprint density at radius 1 is 1.35 bits per heavy atom. The SMILES string of the molecule is O=[N+]([O-])c1ccc(F)cc1Cn1cnc2c1CCCC2. The molecule has 0 unspecified atom stereocenters. The van der Waals surface area contributed by atoms with E-state index >= 15 is 0 Å². The van der Waals surface area contributed by atoms with Crippen molar-refractivity contribution in [2.45, 2.75) is 32.2 Å². The van der Waals surface area contributed by atoms with E-state index in [0.717, 1.165) is 43.1 Å². The van der Waals surface area contributed by atoms with Crippen LogP contribution in [0, 0.1) is 15.9 Å². The van der Waals surface area contributed by atoms with E-state index in [2.05, 4.69) is 4.98 Å². The van der Waals surface area contributed by atoms with E-state index in [1.807, 2.05) is 4.57 Å². The van der Waals surface area contributed by atoms with Crippen LogP contribution in [-0.4, -0.2) is 14.5 Å². The first-order valence-electron chi connectivity index (χ1n) is 6.61. The predicted octanol–water partition coefficient (Wildman–Crippen LogP) is 2.86. The Hall–Kier alpha value is -2.24. The largest absolute Gasteiger partial charge is 0.330 e. The number of benzene rings is 1. The standard InChI is InChI=1S/C14H14FN3O2/c15-11-5-6-13(18(19)20)10(7-11)8-17-9-16-12-3-1-2-4-14(12)17/h5-7,9H,1-4,8H2. The summed E-state index contributed by atoms with van der Waals surface area (Å²) in [5.74, 6) is -0.459. The van der Waals surface area contributed by atoms with Gasteiger partial charge in [0.05, 0.1) is 29.1 Å². The summed E-state index contributed by atoms with van der Waals surface area (Å²) in [6.45, 7) is 0.288. The first kappa shape index (κ1) is 12.8. The topological polar surface area (TPSA) is 61.0 Å². The molecule has 0 radical (unpaired) electrons. The van der Waals surface area contributed by atoms with Gasteiger partial charge in [-0.1, -0.05) is 0 Å². The fraction of sp³-hybridized carbons (Fsp3) is 0.357. The number of hydrogen-bond acceptors (Lipinski definition) is 3. The predicted molar refractivity (Wildman–Crippen MR) is 71.0 cm³/mol. The highest BCUT2D eigenvalue weighted by molar-refractivity contribution is 5.40. The molecule has 0 fully saturated rings. The van der Waals surface area contributed by atoms with Gasteiger partial charge in [-0.15, -0.1) is 0 Å². The Morgan fingerprint density at radius 3 is 2.95 bits per heavy atom. The number of nitrogens with zero attached hydrogens (tertiary/aromatic N) is 3. The average molecular weight is 275 g/mol. The second kappa shape index (κ2) is 5.03. The minimum absolute atomic E-state index is 0.0512. The second-order valence-electron chi connectivity index (χ2n) is 5.00. The van der Waals surface area contributed by atoms with Crippen LogP contribution >= 0.6 is 0 Å². The zero-order chi connectivity index (χ0) is 14.1. The highest BCUT2D eigenvalue weighted by Crippen LogP contribution is 2.24. The van der Waals surface area contributed by atoms with Gasteiger partial charge in [0.2, 0.25) is 0 Å². The smallest absolute Gasteiger partial charge is 0.274 e. The molecule has 5 nitrogen and oxygen atoms in total. The second-order valence-corrected chi connectivity index (χ2v) is 5.00. The molecule has 104 valence electrons. The lowest BCUT2D eigenvalue weighted by molar-refractivity contribution is -0.385. The normalized spacial score (nSPS) is 14.1. The van der Waals surface area contributed by atoms with Crippen LogP contribution in [0.4, 0.5) is 10.1 Å². The van der Waals surface area contributed by atoms with Gasteiger partial charge in [-0.3, -0.25) is 10.1 Å². The van der Waals surface area contributed by atoms with E-state index in [-0.39, 0.29) is 12.2 Å². The van der Waals surface area contributed by atoms with Crippen molar-refractivity contribution in [1.82, 2.24) is 9.55 Å². The molecule has 3 rings (SSSR count). The van der Waals surface area contributed by atoms with E-state index in [4.69, 9.17) is 0 Å². The monoisotopic (exact) mass is 275 g/mol. The molecule has 0 atom stereocenters. The van der Waals surface area contributed by atoms with Crippen molar-refractivity contribution < 1.29 is 9.31 Å². The molecule has 1 aliphatic carbocycles. The van der Waals surface area contributed by atoms with Crippen LogP contribution in [-0.2, 0) is 19.4 Å². The molecule has 0 aliphatic heterocycles. The minimum atomic E-state index is -0.474. The van der Waals surface area contributed by atoms with Crippen molar-refractivity contribution >= 4 is 5.69 Å². The van der Waals surface area contributed by atoms with Crippen LogP contribution in [0.5, 0.6) is 0 Å². The fourth-order valence-corrected chi connectivity index (χ4v) is 2.71. The summed E-state index contributed by atoms with van der Waals surface area (Å²) in [6.07, 6.45) is 5.81. The van der Waals surface area contributed by atoms with Crippen LogP contribution in [0.3, 0.4) is 0 Å². The molecule has 0 N–H and O–H groups in total. The van der Waals surface area contributed by atoms with Crippen LogP contribution in [0.25, 0.3) is 0 Å². The van der Waals surface area contributed by atoms with Crippen LogP contribution in [0.1, 0.15) is 29.8 Å². The van der Waals surface area contributed by atoms with Gasteiger partial charge in [-0.05, 0) is 37.8 Å². The first-order valence-corrected chi connectivity index (χ1v) is 6.61. The number of rotatable bonds is 3. The van der Waals surface area contributed by atoms with Crippen molar-refractivity contribution in [2.24, 2.45) is 0 Å². The Bertz CT molecular complexity index is 666. The van der Waals surface area contributed by atoms with Crippen molar-refractivity contribution in [3.8, 4) is 0 Å². The summed E-state index contributed by atoms with van der Waals surface area (Å²) in [7, 11) is 0. The molecule has 1 aromatic carbocycles. The van der Waals surface area contributed by atoms with Gasteiger partial charge in [-0.2, -0.15) is 0 Å². The summed E-state index contributed by atoms with van der Waals surface area (Å²) in [5, 5.41) is 11.0. The van der Waals surface area contributed by atoms with Gasteiger partial charge >= 0.3 is 0 Å². The quantitative estimate of drug-likeness (QED) is 0.639. The van der Waals surface area contributed by atoms with E-state index in [0.29, 0.717) is 5.56 Å². The third kappa shape index (κ3) is 2.29.